The lowest BCUT2D eigenvalue weighted by Gasteiger charge is -2.16. The molecule has 0 aliphatic rings. The molecule has 0 aromatic heterocycles. The van der Waals surface area contributed by atoms with Crippen LogP contribution < -0.4 is 5.32 Å². The quantitative estimate of drug-likeness (QED) is 0.545. The van der Waals surface area contributed by atoms with Gasteiger partial charge in [-0.05, 0) is 33.0 Å². The fourth-order valence-electron chi connectivity index (χ4n) is 1.43. The minimum absolute atomic E-state index is 1.14. The first-order valence-corrected chi connectivity index (χ1v) is 6.20. The maximum atomic E-state index is 3.49. The topological polar surface area (TPSA) is 15.3 Å². The van der Waals surface area contributed by atoms with Crippen molar-refractivity contribution < 1.29 is 0 Å². The second kappa shape index (κ2) is 11.0. The Morgan fingerprint density at radius 1 is 0.857 bits per heavy atom. The van der Waals surface area contributed by atoms with Crippen molar-refractivity contribution in [2.24, 2.45) is 0 Å². The summed E-state index contributed by atoms with van der Waals surface area (Å²) in [6.07, 6.45) is 6.63. The van der Waals surface area contributed by atoms with Crippen LogP contribution in [0, 0.1) is 0 Å². The van der Waals surface area contributed by atoms with Crippen molar-refractivity contribution in [1.29, 1.82) is 0 Å². The second-order valence-electron chi connectivity index (χ2n) is 4.11. The summed E-state index contributed by atoms with van der Waals surface area (Å²) >= 11 is 0. The molecule has 0 amide bonds. The van der Waals surface area contributed by atoms with E-state index in [1.54, 1.807) is 0 Å². The minimum Gasteiger partial charge on any atom is -0.315 e. The van der Waals surface area contributed by atoms with E-state index in [1.807, 2.05) is 0 Å². The van der Waals surface area contributed by atoms with E-state index >= 15 is 0 Å². The Morgan fingerprint density at radius 2 is 1.57 bits per heavy atom. The monoisotopic (exact) mass is 200 g/mol. The van der Waals surface area contributed by atoms with Crippen LogP contribution in [0.25, 0.3) is 0 Å². The molecule has 86 valence electrons. The van der Waals surface area contributed by atoms with Crippen LogP contribution in [0.5, 0.6) is 0 Å². The molecule has 0 radical (unpaired) electrons. The molecule has 0 aliphatic heterocycles. The van der Waals surface area contributed by atoms with Gasteiger partial charge in [-0.2, -0.15) is 0 Å². The van der Waals surface area contributed by atoms with E-state index in [1.165, 1.54) is 51.7 Å². The molecule has 0 fully saturated rings. The summed E-state index contributed by atoms with van der Waals surface area (Å²) in [5.41, 5.74) is 0. The summed E-state index contributed by atoms with van der Waals surface area (Å²) in [6.45, 7) is 9.26. The van der Waals surface area contributed by atoms with Crippen LogP contribution in [0.2, 0.25) is 0 Å². The molecular formula is C12H28N2. The molecule has 0 spiro atoms. The molecule has 0 atom stereocenters. The van der Waals surface area contributed by atoms with Crippen molar-refractivity contribution in [2.75, 3.05) is 33.2 Å². The largest absolute Gasteiger partial charge is 0.315 e. The molecule has 14 heavy (non-hydrogen) atoms. The number of likely N-dealkylation sites (N-methyl/N-ethyl adjacent to an activating group) is 1. The van der Waals surface area contributed by atoms with E-state index in [9.17, 15) is 0 Å². The summed E-state index contributed by atoms with van der Waals surface area (Å²) in [5, 5.41) is 3.49. The predicted octanol–water partition coefficient (Wildman–Crippen LogP) is 2.50. The highest BCUT2D eigenvalue weighted by Crippen LogP contribution is 1.92. The van der Waals surface area contributed by atoms with Crippen LogP contribution >= 0.6 is 0 Å². The number of nitrogens with one attached hydrogen (secondary N) is 1. The summed E-state index contributed by atoms with van der Waals surface area (Å²) < 4.78 is 0. The van der Waals surface area contributed by atoms with Gasteiger partial charge < -0.3 is 10.2 Å². The number of hydrogen-bond donors (Lipinski definition) is 1. The first-order valence-electron chi connectivity index (χ1n) is 6.20. The SMILES string of the molecule is CCCCCNCCN(C)CCCC. The molecule has 0 unspecified atom stereocenters. The minimum atomic E-state index is 1.14. The molecule has 0 heterocycles. The zero-order chi connectivity index (χ0) is 10.6. The lowest BCUT2D eigenvalue weighted by Crippen LogP contribution is -2.30. The van der Waals surface area contributed by atoms with E-state index in [0.29, 0.717) is 0 Å². The zero-order valence-electron chi connectivity index (χ0n) is 10.3. The third kappa shape index (κ3) is 10.0. The lowest BCUT2D eigenvalue weighted by atomic mass is 10.2. The molecule has 0 aliphatic carbocycles. The maximum absolute atomic E-state index is 3.49. The molecule has 2 nitrogen and oxygen atoms in total. The standard InChI is InChI=1S/C12H28N2/c1-4-6-8-9-13-10-12-14(3)11-7-5-2/h13H,4-12H2,1-3H3. The van der Waals surface area contributed by atoms with Gasteiger partial charge in [0.05, 0.1) is 0 Å². The summed E-state index contributed by atoms with van der Waals surface area (Å²) in [6, 6.07) is 0. The average molecular weight is 200 g/mol. The van der Waals surface area contributed by atoms with Crippen LogP contribution in [-0.4, -0.2) is 38.1 Å². The molecule has 0 aromatic rings. The van der Waals surface area contributed by atoms with E-state index in [4.69, 9.17) is 0 Å². The molecule has 0 aromatic carbocycles. The Morgan fingerprint density at radius 3 is 2.21 bits per heavy atom. The van der Waals surface area contributed by atoms with Crippen molar-refractivity contribution >= 4 is 0 Å². The highest BCUT2D eigenvalue weighted by atomic mass is 15.1. The first kappa shape index (κ1) is 13.9. The van der Waals surface area contributed by atoms with Gasteiger partial charge in [0.25, 0.3) is 0 Å². The van der Waals surface area contributed by atoms with Gasteiger partial charge in [-0.15, -0.1) is 0 Å². The van der Waals surface area contributed by atoms with Crippen molar-refractivity contribution in [3.05, 3.63) is 0 Å². The van der Waals surface area contributed by atoms with E-state index < -0.39 is 0 Å². The zero-order valence-corrected chi connectivity index (χ0v) is 10.3. The third-order valence-corrected chi connectivity index (χ3v) is 2.52. The third-order valence-electron chi connectivity index (χ3n) is 2.52. The van der Waals surface area contributed by atoms with Gasteiger partial charge in [-0.1, -0.05) is 33.1 Å². The molecule has 0 saturated carbocycles. The number of rotatable bonds is 10. The Labute approximate surface area is 90.1 Å². The van der Waals surface area contributed by atoms with E-state index in [2.05, 4.69) is 31.1 Å². The number of unbranched alkanes of at least 4 members (excludes halogenated alkanes) is 3. The highest BCUT2D eigenvalue weighted by Gasteiger charge is 1.95. The van der Waals surface area contributed by atoms with Gasteiger partial charge in [0.15, 0.2) is 0 Å². The van der Waals surface area contributed by atoms with Crippen molar-refractivity contribution in [3.63, 3.8) is 0 Å². The van der Waals surface area contributed by atoms with Gasteiger partial charge in [0.1, 0.15) is 0 Å². The van der Waals surface area contributed by atoms with Crippen molar-refractivity contribution in [2.45, 2.75) is 46.0 Å². The number of hydrogen-bond acceptors (Lipinski definition) is 2. The number of nitrogens with zero attached hydrogens (tertiary/aromatic N) is 1. The fraction of sp³-hybridized carbons (Fsp3) is 1.00. The van der Waals surface area contributed by atoms with Gasteiger partial charge >= 0.3 is 0 Å². The molecule has 2 heteroatoms. The Kier molecular flexibility index (Phi) is 10.9. The van der Waals surface area contributed by atoms with Gasteiger partial charge in [-0.3, -0.25) is 0 Å². The summed E-state index contributed by atoms with van der Waals surface area (Å²) in [4.78, 5) is 2.41. The Balaban J connectivity index is 3.02. The smallest absolute Gasteiger partial charge is 0.0104 e. The van der Waals surface area contributed by atoms with E-state index in [0.717, 1.165) is 6.54 Å². The molecule has 0 bridgehead atoms. The van der Waals surface area contributed by atoms with Gasteiger partial charge in [-0.25, -0.2) is 0 Å². The van der Waals surface area contributed by atoms with Crippen LogP contribution in [0.15, 0.2) is 0 Å². The highest BCUT2D eigenvalue weighted by molar-refractivity contribution is 4.54. The molecular weight excluding hydrogens is 172 g/mol. The summed E-state index contributed by atoms with van der Waals surface area (Å²) in [7, 11) is 2.21. The maximum Gasteiger partial charge on any atom is 0.0104 e. The van der Waals surface area contributed by atoms with E-state index in [-0.39, 0.29) is 0 Å². The van der Waals surface area contributed by atoms with Crippen molar-refractivity contribution in [3.8, 4) is 0 Å². The Hall–Kier alpha value is -0.0800. The normalized spacial score (nSPS) is 11.1. The van der Waals surface area contributed by atoms with Gasteiger partial charge in [0.2, 0.25) is 0 Å². The van der Waals surface area contributed by atoms with Crippen LogP contribution in [0.1, 0.15) is 46.0 Å². The molecule has 1 N–H and O–H groups in total. The van der Waals surface area contributed by atoms with Crippen LogP contribution in [0.4, 0.5) is 0 Å². The predicted molar refractivity (Wildman–Crippen MR) is 64.8 cm³/mol. The lowest BCUT2D eigenvalue weighted by molar-refractivity contribution is 0.325. The van der Waals surface area contributed by atoms with Crippen LogP contribution in [-0.2, 0) is 0 Å². The van der Waals surface area contributed by atoms with Crippen LogP contribution in [0.3, 0.4) is 0 Å². The molecule has 0 saturated heterocycles. The second-order valence-corrected chi connectivity index (χ2v) is 4.11. The molecule has 0 rings (SSSR count). The van der Waals surface area contributed by atoms with Gasteiger partial charge in [0, 0.05) is 13.1 Å². The Bertz CT molecular complexity index is 104. The van der Waals surface area contributed by atoms with Crippen molar-refractivity contribution in [1.82, 2.24) is 10.2 Å². The summed E-state index contributed by atoms with van der Waals surface area (Å²) in [5.74, 6) is 0. The first-order chi connectivity index (χ1) is 6.81. The average Bonchev–Trinajstić information content (AvgIpc) is 2.20. The fourth-order valence-corrected chi connectivity index (χ4v) is 1.43.